The molecule has 4 atom stereocenters. The number of nitrogens with zero attached hydrogens (tertiary/aromatic N) is 1. The number of ether oxygens (including phenoxy) is 3. The molecule has 2 saturated heterocycles. The Morgan fingerprint density at radius 1 is 0.974 bits per heavy atom. The molecule has 0 bridgehead atoms. The van der Waals surface area contributed by atoms with Crippen molar-refractivity contribution in [2.24, 2.45) is 11.3 Å². The molecule has 5 aliphatic rings. The van der Waals surface area contributed by atoms with Crippen molar-refractivity contribution in [3.8, 4) is 0 Å². The van der Waals surface area contributed by atoms with Crippen LogP contribution in [0, 0.1) is 11.3 Å². The number of aromatic nitrogens is 1. The standard InChI is InChI=1S/C31H36F3NO4/c1-18-17-38-14-11-30(18)26-24-22(15-29(9-2-10-29)16-23(24)36)35-27(19-7-12-37-13-8-19)25(26)28(39-30)20-3-5-21(6-4-20)31(32,33)34/h3-6,18-19,23,28,36H,2,7-17H2,1H3. The molecule has 5 nitrogen and oxygen atoms in total. The third kappa shape index (κ3) is 4.08. The van der Waals surface area contributed by atoms with Crippen molar-refractivity contribution in [2.75, 3.05) is 26.4 Å². The lowest BCUT2D eigenvalue weighted by Crippen LogP contribution is -2.44. The van der Waals surface area contributed by atoms with Gasteiger partial charge in [0, 0.05) is 54.9 Å². The predicted octanol–water partition coefficient (Wildman–Crippen LogP) is 6.52. The van der Waals surface area contributed by atoms with Gasteiger partial charge in [0.05, 0.1) is 24.0 Å². The lowest BCUT2D eigenvalue weighted by atomic mass is 9.58. The van der Waals surface area contributed by atoms with Gasteiger partial charge in [-0.15, -0.1) is 0 Å². The van der Waals surface area contributed by atoms with Gasteiger partial charge in [-0.2, -0.15) is 13.2 Å². The van der Waals surface area contributed by atoms with Gasteiger partial charge in [-0.1, -0.05) is 25.5 Å². The number of hydrogen-bond acceptors (Lipinski definition) is 5. The summed E-state index contributed by atoms with van der Waals surface area (Å²) in [7, 11) is 0. The average Bonchev–Trinajstić information content (AvgIpc) is 3.24. The molecule has 2 spiro atoms. The van der Waals surface area contributed by atoms with Crippen LogP contribution in [-0.2, 0) is 32.4 Å². The second-order valence-electron chi connectivity index (χ2n) is 12.5. The van der Waals surface area contributed by atoms with E-state index in [4.69, 9.17) is 19.2 Å². The molecule has 3 aliphatic heterocycles. The first-order chi connectivity index (χ1) is 18.7. The predicted molar refractivity (Wildman–Crippen MR) is 137 cm³/mol. The Kier molecular flexibility index (Phi) is 6.16. The largest absolute Gasteiger partial charge is 0.416 e. The number of alkyl halides is 3. The van der Waals surface area contributed by atoms with Crippen LogP contribution in [0.25, 0.3) is 0 Å². The SMILES string of the molecule is CC1COCCC12OC(c1ccc(C(F)(F)F)cc1)c1c(C3CCOCC3)nc3c(c12)C(O)CC1(CCC1)C3. The van der Waals surface area contributed by atoms with Crippen molar-refractivity contribution in [3.05, 3.63) is 63.5 Å². The van der Waals surface area contributed by atoms with Crippen LogP contribution < -0.4 is 0 Å². The van der Waals surface area contributed by atoms with Crippen LogP contribution in [-0.4, -0.2) is 36.5 Å². The van der Waals surface area contributed by atoms with Crippen molar-refractivity contribution in [2.45, 2.75) is 88.2 Å². The van der Waals surface area contributed by atoms with Crippen LogP contribution in [0.4, 0.5) is 13.2 Å². The molecular weight excluding hydrogens is 507 g/mol. The van der Waals surface area contributed by atoms with Gasteiger partial charge >= 0.3 is 6.18 Å². The topological polar surface area (TPSA) is 60.8 Å². The van der Waals surface area contributed by atoms with Gasteiger partial charge in [0.15, 0.2) is 0 Å². The molecule has 1 aromatic heterocycles. The molecule has 0 radical (unpaired) electrons. The minimum absolute atomic E-state index is 0.0188. The molecule has 8 heteroatoms. The zero-order valence-corrected chi connectivity index (χ0v) is 22.4. The maximum atomic E-state index is 13.4. The Balaban J connectivity index is 1.45. The van der Waals surface area contributed by atoms with Crippen LogP contribution in [0.15, 0.2) is 24.3 Å². The molecule has 1 N–H and O–H groups in total. The van der Waals surface area contributed by atoms with E-state index in [1.807, 2.05) is 0 Å². The normalized spacial score (nSPS) is 32.2. The van der Waals surface area contributed by atoms with Crippen LogP contribution >= 0.6 is 0 Å². The molecule has 2 aliphatic carbocycles. The van der Waals surface area contributed by atoms with Gasteiger partial charge in [0.2, 0.25) is 0 Å². The van der Waals surface area contributed by atoms with E-state index < -0.39 is 29.5 Å². The number of halogens is 3. The Morgan fingerprint density at radius 3 is 2.36 bits per heavy atom. The summed E-state index contributed by atoms with van der Waals surface area (Å²) in [5, 5.41) is 11.7. The molecule has 39 heavy (non-hydrogen) atoms. The second-order valence-corrected chi connectivity index (χ2v) is 12.5. The number of benzene rings is 1. The summed E-state index contributed by atoms with van der Waals surface area (Å²) in [6, 6.07) is 5.39. The van der Waals surface area contributed by atoms with Gasteiger partial charge in [-0.05, 0) is 67.2 Å². The van der Waals surface area contributed by atoms with Crippen molar-refractivity contribution < 1.29 is 32.5 Å². The molecule has 3 fully saturated rings. The fourth-order valence-corrected chi connectivity index (χ4v) is 8.00. The molecule has 4 heterocycles. The fraction of sp³-hybridized carbons (Fsp3) is 0.645. The van der Waals surface area contributed by atoms with E-state index in [0.29, 0.717) is 38.4 Å². The van der Waals surface area contributed by atoms with E-state index in [1.54, 1.807) is 12.1 Å². The molecule has 1 saturated carbocycles. The van der Waals surface area contributed by atoms with Crippen LogP contribution in [0.2, 0.25) is 0 Å². The number of aliphatic hydroxyl groups excluding tert-OH is 1. The summed E-state index contributed by atoms with van der Waals surface area (Å²) in [5.41, 5.74) is 4.40. The first-order valence-electron chi connectivity index (χ1n) is 14.5. The molecule has 2 aromatic rings. The number of hydrogen-bond donors (Lipinski definition) is 1. The van der Waals surface area contributed by atoms with Crippen LogP contribution in [0.5, 0.6) is 0 Å². The average molecular weight is 544 g/mol. The van der Waals surface area contributed by atoms with Crippen LogP contribution in [0.3, 0.4) is 0 Å². The minimum atomic E-state index is -4.40. The highest BCUT2D eigenvalue weighted by atomic mass is 19.4. The minimum Gasteiger partial charge on any atom is -0.388 e. The van der Waals surface area contributed by atoms with Gasteiger partial charge in [-0.3, -0.25) is 4.98 Å². The highest BCUT2D eigenvalue weighted by Crippen LogP contribution is 2.61. The molecule has 7 rings (SSSR count). The quantitative estimate of drug-likeness (QED) is 0.468. The summed E-state index contributed by atoms with van der Waals surface area (Å²) in [6.07, 6.45) is 1.78. The molecular formula is C31H36F3NO4. The highest BCUT2D eigenvalue weighted by molar-refractivity contribution is 5.55. The number of pyridine rings is 1. The van der Waals surface area contributed by atoms with E-state index in [2.05, 4.69) is 6.92 Å². The number of fused-ring (bicyclic) bond motifs is 4. The summed E-state index contributed by atoms with van der Waals surface area (Å²) >= 11 is 0. The van der Waals surface area contributed by atoms with Crippen LogP contribution in [0.1, 0.15) is 109 Å². The van der Waals surface area contributed by atoms with Gasteiger partial charge < -0.3 is 19.3 Å². The summed E-state index contributed by atoms with van der Waals surface area (Å²) in [4.78, 5) is 5.37. The lowest BCUT2D eigenvalue weighted by Gasteiger charge is -2.48. The second kappa shape index (κ2) is 9.26. The zero-order chi connectivity index (χ0) is 27.0. The van der Waals surface area contributed by atoms with Crippen molar-refractivity contribution in [3.63, 3.8) is 0 Å². The van der Waals surface area contributed by atoms with Gasteiger partial charge in [0.25, 0.3) is 0 Å². The summed E-state index contributed by atoms with van der Waals surface area (Å²) < 4.78 is 58.9. The Labute approximate surface area is 227 Å². The van der Waals surface area contributed by atoms with E-state index in [1.165, 1.54) is 6.42 Å². The Hall–Kier alpha value is -2.00. The number of rotatable bonds is 2. The smallest absolute Gasteiger partial charge is 0.388 e. The highest BCUT2D eigenvalue weighted by Gasteiger charge is 2.56. The van der Waals surface area contributed by atoms with Crippen molar-refractivity contribution in [1.82, 2.24) is 4.98 Å². The van der Waals surface area contributed by atoms with E-state index in [0.717, 1.165) is 78.7 Å². The monoisotopic (exact) mass is 543 g/mol. The maximum absolute atomic E-state index is 13.4. The van der Waals surface area contributed by atoms with E-state index >= 15 is 0 Å². The molecule has 0 amide bonds. The maximum Gasteiger partial charge on any atom is 0.416 e. The lowest BCUT2D eigenvalue weighted by molar-refractivity contribution is -0.157. The number of aliphatic hydroxyl groups is 1. The molecule has 1 aromatic carbocycles. The Bertz CT molecular complexity index is 1250. The molecule has 210 valence electrons. The summed E-state index contributed by atoms with van der Waals surface area (Å²) in [6.45, 7) is 4.51. The van der Waals surface area contributed by atoms with Gasteiger partial charge in [-0.25, -0.2) is 0 Å². The third-order valence-electron chi connectivity index (χ3n) is 10.2. The van der Waals surface area contributed by atoms with E-state index in [-0.39, 0.29) is 17.3 Å². The summed E-state index contributed by atoms with van der Waals surface area (Å²) in [5.74, 6) is 0.199. The third-order valence-corrected chi connectivity index (χ3v) is 10.2. The Morgan fingerprint density at radius 2 is 1.72 bits per heavy atom. The molecule has 4 unspecified atom stereocenters. The fourth-order valence-electron chi connectivity index (χ4n) is 8.00. The first-order valence-corrected chi connectivity index (χ1v) is 14.5. The van der Waals surface area contributed by atoms with E-state index in [9.17, 15) is 18.3 Å². The van der Waals surface area contributed by atoms with Crippen molar-refractivity contribution >= 4 is 0 Å². The zero-order valence-electron chi connectivity index (χ0n) is 22.4. The first kappa shape index (κ1) is 25.9. The van der Waals surface area contributed by atoms with Crippen molar-refractivity contribution in [1.29, 1.82) is 0 Å². The van der Waals surface area contributed by atoms with Gasteiger partial charge in [0.1, 0.15) is 11.7 Å².